The van der Waals surface area contributed by atoms with Crippen molar-refractivity contribution in [1.29, 1.82) is 0 Å². The summed E-state index contributed by atoms with van der Waals surface area (Å²) in [6, 6.07) is 21.1. The Bertz CT molecular complexity index is 1050. The molecule has 0 unspecified atom stereocenters. The molecule has 0 aliphatic carbocycles. The lowest BCUT2D eigenvalue weighted by Crippen LogP contribution is -2.30. The number of aromatic hydroxyl groups is 2. The molecule has 3 aromatic carbocycles. The van der Waals surface area contributed by atoms with Gasteiger partial charge in [0.25, 0.3) is 11.8 Å². The minimum atomic E-state index is -0.656. The summed E-state index contributed by atoms with van der Waals surface area (Å²) >= 11 is 0. The van der Waals surface area contributed by atoms with Crippen LogP contribution in [0.5, 0.6) is 11.5 Å². The van der Waals surface area contributed by atoms with Crippen molar-refractivity contribution in [3.05, 3.63) is 102 Å². The fourth-order valence-electron chi connectivity index (χ4n) is 3.70. The van der Waals surface area contributed by atoms with Gasteiger partial charge in [-0.15, -0.1) is 0 Å². The van der Waals surface area contributed by atoms with Gasteiger partial charge in [0, 0.05) is 17.6 Å². The first-order chi connectivity index (χ1) is 13.9. The average Bonchev–Trinajstić information content (AvgIpc) is 3.06. The molecule has 1 aliphatic rings. The molecule has 1 heterocycles. The van der Waals surface area contributed by atoms with E-state index in [0.717, 1.165) is 21.6 Å². The van der Waals surface area contributed by atoms with Crippen LogP contribution in [-0.4, -0.2) is 22.0 Å². The molecule has 0 atom stereocenters. The first kappa shape index (κ1) is 18.5. The van der Waals surface area contributed by atoms with Crippen LogP contribution in [0.3, 0.4) is 0 Å². The van der Waals surface area contributed by atoms with Gasteiger partial charge in [0.05, 0.1) is 5.69 Å². The van der Waals surface area contributed by atoms with Crippen molar-refractivity contribution in [2.45, 2.75) is 12.3 Å². The first-order valence-electron chi connectivity index (χ1n) is 9.15. The summed E-state index contributed by atoms with van der Waals surface area (Å²) in [5.41, 5.74) is 2.52. The van der Waals surface area contributed by atoms with Gasteiger partial charge < -0.3 is 10.2 Å². The summed E-state index contributed by atoms with van der Waals surface area (Å²) in [6.45, 7) is 2.02. The lowest BCUT2D eigenvalue weighted by molar-refractivity contribution is -0.119. The van der Waals surface area contributed by atoms with Crippen LogP contribution in [0.2, 0.25) is 0 Å². The Morgan fingerprint density at radius 2 is 1.17 bits per heavy atom. The maximum Gasteiger partial charge on any atom is 0.258 e. The Labute approximate surface area is 168 Å². The van der Waals surface area contributed by atoms with Crippen molar-refractivity contribution in [2.75, 3.05) is 4.90 Å². The molecule has 0 aromatic heterocycles. The zero-order chi connectivity index (χ0) is 20.6. The lowest BCUT2D eigenvalue weighted by Gasteiger charge is -2.32. The lowest BCUT2D eigenvalue weighted by atomic mass is 9.71. The molecular weight excluding hydrogens is 366 g/mol. The van der Waals surface area contributed by atoms with Gasteiger partial charge in [-0.05, 0) is 60.0 Å². The van der Waals surface area contributed by atoms with Gasteiger partial charge in [0.1, 0.15) is 11.5 Å². The van der Waals surface area contributed by atoms with Crippen LogP contribution < -0.4 is 4.90 Å². The quantitative estimate of drug-likeness (QED) is 0.528. The van der Waals surface area contributed by atoms with Crippen LogP contribution in [0.15, 0.2) is 84.9 Å². The van der Waals surface area contributed by atoms with Crippen molar-refractivity contribution in [1.82, 2.24) is 0 Å². The molecule has 2 amide bonds. The maximum atomic E-state index is 12.1. The monoisotopic (exact) mass is 385 g/mol. The molecule has 5 heteroatoms. The fraction of sp³-hybridized carbons (Fsp3) is 0.0833. The van der Waals surface area contributed by atoms with E-state index in [9.17, 15) is 19.8 Å². The summed E-state index contributed by atoms with van der Waals surface area (Å²) in [5, 5.41) is 19.4. The van der Waals surface area contributed by atoms with E-state index in [1.54, 1.807) is 30.3 Å². The molecule has 5 nitrogen and oxygen atoms in total. The zero-order valence-corrected chi connectivity index (χ0v) is 15.7. The number of rotatable bonds is 4. The number of imide groups is 1. The predicted molar refractivity (Wildman–Crippen MR) is 110 cm³/mol. The number of carbonyl (C=O) groups excluding carboxylic acids is 2. The van der Waals surface area contributed by atoms with E-state index < -0.39 is 5.41 Å². The van der Waals surface area contributed by atoms with Gasteiger partial charge in [0.15, 0.2) is 0 Å². The van der Waals surface area contributed by atoms with Crippen molar-refractivity contribution < 1.29 is 19.8 Å². The molecule has 29 heavy (non-hydrogen) atoms. The summed E-state index contributed by atoms with van der Waals surface area (Å²) < 4.78 is 0. The highest BCUT2D eigenvalue weighted by atomic mass is 16.3. The summed E-state index contributed by atoms with van der Waals surface area (Å²) in [4.78, 5) is 25.4. The molecule has 0 saturated heterocycles. The second kappa shape index (κ2) is 6.95. The molecule has 0 saturated carbocycles. The molecule has 0 fully saturated rings. The van der Waals surface area contributed by atoms with E-state index in [-0.39, 0.29) is 23.3 Å². The fourth-order valence-corrected chi connectivity index (χ4v) is 3.70. The molecule has 0 radical (unpaired) electrons. The SMILES string of the molecule is CC(c1ccc(O)cc1)(c1ccc(O)cc1)c1cccc(N2C(=O)C=CC2=O)c1. The largest absolute Gasteiger partial charge is 0.508 e. The molecule has 0 bridgehead atoms. The number of phenols is 2. The normalized spacial score (nSPS) is 13.9. The third-order valence-electron chi connectivity index (χ3n) is 5.38. The van der Waals surface area contributed by atoms with E-state index >= 15 is 0 Å². The van der Waals surface area contributed by atoms with E-state index in [2.05, 4.69) is 0 Å². The maximum absolute atomic E-state index is 12.1. The van der Waals surface area contributed by atoms with E-state index in [1.807, 2.05) is 49.4 Å². The molecule has 3 aromatic rings. The van der Waals surface area contributed by atoms with Crippen LogP contribution >= 0.6 is 0 Å². The Balaban J connectivity index is 1.89. The Hall–Kier alpha value is -3.86. The van der Waals surface area contributed by atoms with Gasteiger partial charge in [0.2, 0.25) is 0 Å². The number of amides is 2. The molecule has 1 aliphatic heterocycles. The highest BCUT2D eigenvalue weighted by Gasteiger charge is 2.33. The van der Waals surface area contributed by atoms with Crippen LogP contribution in [0, 0.1) is 0 Å². The molecule has 0 spiro atoms. The second-order valence-electron chi connectivity index (χ2n) is 7.11. The summed E-state index contributed by atoms with van der Waals surface area (Å²) in [6.07, 6.45) is 2.52. The van der Waals surface area contributed by atoms with Crippen LogP contribution in [0.1, 0.15) is 23.6 Å². The minimum Gasteiger partial charge on any atom is -0.508 e. The highest BCUT2D eigenvalue weighted by molar-refractivity contribution is 6.28. The molecule has 2 N–H and O–H groups in total. The number of hydrogen-bond donors (Lipinski definition) is 2. The first-order valence-corrected chi connectivity index (χ1v) is 9.15. The third kappa shape index (κ3) is 3.17. The van der Waals surface area contributed by atoms with E-state index in [4.69, 9.17) is 0 Å². The minimum absolute atomic E-state index is 0.162. The molecular formula is C24H19NO4. The van der Waals surface area contributed by atoms with Crippen molar-refractivity contribution in [3.8, 4) is 11.5 Å². The Kier molecular flexibility index (Phi) is 4.43. The predicted octanol–water partition coefficient (Wildman–Crippen LogP) is 3.88. The van der Waals surface area contributed by atoms with Crippen molar-refractivity contribution in [2.24, 2.45) is 0 Å². The summed E-state index contributed by atoms with van der Waals surface area (Å²) in [7, 11) is 0. The number of carbonyl (C=O) groups is 2. The van der Waals surface area contributed by atoms with E-state index in [0.29, 0.717) is 5.69 Å². The van der Waals surface area contributed by atoms with Gasteiger partial charge in [-0.1, -0.05) is 36.4 Å². The zero-order valence-electron chi connectivity index (χ0n) is 15.7. The van der Waals surface area contributed by atoms with Crippen molar-refractivity contribution in [3.63, 3.8) is 0 Å². The number of anilines is 1. The number of nitrogens with zero attached hydrogens (tertiary/aromatic N) is 1. The third-order valence-corrected chi connectivity index (χ3v) is 5.38. The van der Waals surface area contributed by atoms with Gasteiger partial charge in [-0.25, -0.2) is 4.90 Å². The van der Waals surface area contributed by atoms with Crippen LogP contribution in [0.25, 0.3) is 0 Å². The van der Waals surface area contributed by atoms with Crippen LogP contribution in [0.4, 0.5) is 5.69 Å². The Morgan fingerprint density at radius 3 is 1.66 bits per heavy atom. The molecule has 4 rings (SSSR count). The number of benzene rings is 3. The van der Waals surface area contributed by atoms with Gasteiger partial charge in [-0.2, -0.15) is 0 Å². The molecule has 144 valence electrons. The Morgan fingerprint density at radius 1 is 0.690 bits per heavy atom. The average molecular weight is 385 g/mol. The number of phenolic OH excluding ortho intramolecular Hbond substituents is 2. The van der Waals surface area contributed by atoms with Gasteiger partial charge >= 0.3 is 0 Å². The second-order valence-corrected chi connectivity index (χ2v) is 7.11. The van der Waals surface area contributed by atoms with E-state index in [1.165, 1.54) is 12.2 Å². The standard InChI is InChI=1S/C24H19NO4/c1-24(16-5-9-20(26)10-6-16,17-7-11-21(27)12-8-17)18-3-2-4-19(15-18)25-22(28)13-14-23(25)29/h2-15,26-27H,1H3. The number of hydrogen-bond acceptors (Lipinski definition) is 4. The topological polar surface area (TPSA) is 77.8 Å². The van der Waals surface area contributed by atoms with Crippen LogP contribution in [-0.2, 0) is 15.0 Å². The summed E-state index contributed by atoms with van der Waals surface area (Å²) in [5.74, 6) is -0.420. The van der Waals surface area contributed by atoms with Gasteiger partial charge in [-0.3, -0.25) is 9.59 Å². The highest BCUT2D eigenvalue weighted by Crippen LogP contribution is 2.41. The van der Waals surface area contributed by atoms with Crippen molar-refractivity contribution >= 4 is 17.5 Å². The smallest absolute Gasteiger partial charge is 0.258 e.